The Labute approximate surface area is 174 Å². The summed E-state index contributed by atoms with van der Waals surface area (Å²) in [6.07, 6.45) is 1.08. The molecule has 0 aromatic heterocycles. The molecule has 0 bridgehead atoms. The van der Waals surface area contributed by atoms with Gasteiger partial charge in [-0.1, -0.05) is 32.0 Å². The number of piperazine rings is 1. The quantitative estimate of drug-likeness (QED) is 0.378. The number of benzene rings is 1. The molecule has 7 heteroatoms. The first-order chi connectivity index (χ1) is 12.1. The lowest BCUT2D eigenvalue weighted by molar-refractivity contribution is -0.130. The molecule has 1 aromatic carbocycles. The van der Waals surface area contributed by atoms with Crippen molar-refractivity contribution in [3.63, 3.8) is 0 Å². The van der Waals surface area contributed by atoms with Gasteiger partial charge in [0.15, 0.2) is 5.96 Å². The van der Waals surface area contributed by atoms with Crippen LogP contribution < -0.4 is 15.5 Å². The number of guanidine groups is 1. The number of para-hydroxylation sites is 1. The maximum atomic E-state index is 12.4. The number of aliphatic imine (C=N–C) groups is 1. The van der Waals surface area contributed by atoms with E-state index in [9.17, 15) is 4.79 Å². The molecule has 1 heterocycles. The molecule has 0 aliphatic carbocycles. The molecular weight excluding hydrogens is 441 g/mol. The summed E-state index contributed by atoms with van der Waals surface area (Å²) >= 11 is 0. The number of amides is 1. The Hall–Kier alpha value is -1.51. The summed E-state index contributed by atoms with van der Waals surface area (Å²) < 4.78 is 0. The van der Waals surface area contributed by atoms with E-state index in [1.165, 1.54) is 5.69 Å². The number of hydrogen-bond donors (Lipinski definition) is 2. The molecule has 1 amide bonds. The van der Waals surface area contributed by atoms with E-state index in [4.69, 9.17) is 0 Å². The zero-order valence-corrected chi connectivity index (χ0v) is 18.4. The molecule has 2 rings (SSSR count). The Bertz CT molecular complexity index is 556. The first kappa shape index (κ1) is 22.5. The van der Waals surface area contributed by atoms with Crippen LogP contribution in [0.15, 0.2) is 35.3 Å². The van der Waals surface area contributed by atoms with E-state index in [1.807, 2.05) is 11.0 Å². The fourth-order valence-electron chi connectivity index (χ4n) is 2.82. The molecule has 1 fully saturated rings. The third-order valence-corrected chi connectivity index (χ3v) is 4.40. The number of carbonyl (C=O) groups excluding carboxylic acids is 1. The molecular formula is C19H32IN5O. The van der Waals surface area contributed by atoms with Gasteiger partial charge in [0.1, 0.15) is 0 Å². The molecule has 0 atom stereocenters. The van der Waals surface area contributed by atoms with Crippen molar-refractivity contribution in [2.45, 2.75) is 20.3 Å². The molecule has 1 saturated heterocycles. The average Bonchev–Trinajstić information content (AvgIpc) is 2.65. The van der Waals surface area contributed by atoms with Crippen molar-refractivity contribution in [3.05, 3.63) is 30.3 Å². The van der Waals surface area contributed by atoms with Gasteiger partial charge in [0, 0.05) is 45.5 Å². The smallest absolute Gasteiger partial charge is 0.242 e. The number of nitrogens with zero attached hydrogens (tertiary/aromatic N) is 3. The highest BCUT2D eigenvalue weighted by molar-refractivity contribution is 14.0. The average molecular weight is 473 g/mol. The van der Waals surface area contributed by atoms with E-state index in [0.29, 0.717) is 11.9 Å². The van der Waals surface area contributed by atoms with Gasteiger partial charge in [-0.25, -0.2) is 0 Å². The van der Waals surface area contributed by atoms with Crippen molar-refractivity contribution in [2.24, 2.45) is 10.9 Å². The zero-order valence-electron chi connectivity index (χ0n) is 16.1. The normalized spacial score (nSPS) is 14.8. The molecule has 0 unspecified atom stereocenters. The Morgan fingerprint density at radius 1 is 1.12 bits per heavy atom. The number of rotatable bonds is 6. The minimum atomic E-state index is 0. The topological polar surface area (TPSA) is 60.0 Å². The first-order valence-corrected chi connectivity index (χ1v) is 9.12. The van der Waals surface area contributed by atoms with Crippen LogP contribution in [0.25, 0.3) is 0 Å². The van der Waals surface area contributed by atoms with Gasteiger partial charge >= 0.3 is 0 Å². The minimum absolute atomic E-state index is 0. The van der Waals surface area contributed by atoms with Crippen LogP contribution in [-0.2, 0) is 4.79 Å². The summed E-state index contributed by atoms with van der Waals surface area (Å²) in [6.45, 7) is 8.79. The second-order valence-electron chi connectivity index (χ2n) is 6.74. The molecule has 1 aromatic rings. The van der Waals surface area contributed by atoms with Gasteiger partial charge in [-0.3, -0.25) is 9.79 Å². The van der Waals surface area contributed by atoms with Gasteiger partial charge in [-0.05, 0) is 24.5 Å². The minimum Gasteiger partial charge on any atom is -0.368 e. The maximum absolute atomic E-state index is 12.4. The number of hydrogen-bond acceptors (Lipinski definition) is 3. The van der Waals surface area contributed by atoms with Gasteiger partial charge in [-0.15, -0.1) is 24.0 Å². The van der Waals surface area contributed by atoms with Crippen LogP contribution in [0.4, 0.5) is 5.69 Å². The van der Waals surface area contributed by atoms with E-state index >= 15 is 0 Å². The Balaban J connectivity index is 0.00000338. The monoisotopic (exact) mass is 473 g/mol. The standard InChI is InChI=1S/C19H31N5O.HI/c1-16(2)9-10-21-19(20-3)22-15-18(25)24-13-11-23(12-14-24)17-7-5-4-6-8-17;/h4-8,16H,9-15H2,1-3H3,(H2,20,21,22);1H. The summed E-state index contributed by atoms with van der Waals surface area (Å²) in [5, 5.41) is 6.36. The van der Waals surface area contributed by atoms with Gasteiger partial charge in [0.05, 0.1) is 6.54 Å². The molecule has 2 N–H and O–H groups in total. The van der Waals surface area contributed by atoms with E-state index in [1.54, 1.807) is 7.05 Å². The van der Waals surface area contributed by atoms with Crippen LogP contribution in [0.2, 0.25) is 0 Å². The van der Waals surface area contributed by atoms with Crippen LogP contribution in [0.3, 0.4) is 0 Å². The highest BCUT2D eigenvalue weighted by Crippen LogP contribution is 2.15. The fraction of sp³-hybridized carbons (Fsp3) is 0.579. The summed E-state index contributed by atoms with van der Waals surface area (Å²) in [5.41, 5.74) is 1.22. The molecule has 0 radical (unpaired) electrons. The van der Waals surface area contributed by atoms with Crippen molar-refractivity contribution in [1.82, 2.24) is 15.5 Å². The van der Waals surface area contributed by atoms with Gasteiger partial charge < -0.3 is 20.4 Å². The van der Waals surface area contributed by atoms with Crippen LogP contribution in [0.1, 0.15) is 20.3 Å². The molecule has 0 saturated carbocycles. The van der Waals surface area contributed by atoms with E-state index in [-0.39, 0.29) is 36.4 Å². The zero-order chi connectivity index (χ0) is 18.1. The fourth-order valence-corrected chi connectivity index (χ4v) is 2.82. The lowest BCUT2D eigenvalue weighted by Gasteiger charge is -2.36. The number of halogens is 1. The highest BCUT2D eigenvalue weighted by Gasteiger charge is 2.21. The molecule has 1 aliphatic rings. The Morgan fingerprint density at radius 3 is 2.35 bits per heavy atom. The second-order valence-corrected chi connectivity index (χ2v) is 6.74. The van der Waals surface area contributed by atoms with Crippen molar-refractivity contribution >= 4 is 41.5 Å². The summed E-state index contributed by atoms with van der Waals surface area (Å²) in [7, 11) is 1.73. The maximum Gasteiger partial charge on any atom is 0.242 e. The van der Waals surface area contributed by atoms with Gasteiger partial charge in [-0.2, -0.15) is 0 Å². The predicted molar refractivity (Wildman–Crippen MR) is 119 cm³/mol. The van der Waals surface area contributed by atoms with Crippen LogP contribution >= 0.6 is 24.0 Å². The molecule has 26 heavy (non-hydrogen) atoms. The van der Waals surface area contributed by atoms with E-state index < -0.39 is 0 Å². The van der Waals surface area contributed by atoms with Gasteiger partial charge in [0.2, 0.25) is 5.91 Å². The molecule has 0 spiro atoms. The highest BCUT2D eigenvalue weighted by atomic mass is 127. The lowest BCUT2D eigenvalue weighted by Crippen LogP contribution is -2.52. The first-order valence-electron chi connectivity index (χ1n) is 9.12. The van der Waals surface area contributed by atoms with E-state index in [0.717, 1.165) is 39.1 Å². The molecule has 146 valence electrons. The Morgan fingerprint density at radius 2 is 1.77 bits per heavy atom. The predicted octanol–water partition coefficient (Wildman–Crippen LogP) is 2.16. The summed E-state index contributed by atoms with van der Waals surface area (Å²) in [5.74, 6) is 1.46. The largest absolute Gasteiger partial charge is 0.368 e. The van der Waals surface area contributed by atoms with Crippen molar-refractivity contribution in [2.75, 3.05) is 51.2 Å². The van der Waals surface area contributed by atoms with Gasteiger partial charge in [0.25, 0.3) is 0 Å². The number of nitrogens with one attached hydrogen (secondary N) is 2. The van der Waals surface area contributed by atoms with E-state index in [2.05, 4.69) is 58.6 Å². The van der Waals surface area contributed by atoms with Crippen molar-refractivity contribution in [3.8, 4) is 0 Å². The third kappa shape index (κ3) is 7.39. The molecule has 1 aliphatic heterocycles. The SMILES string of the molecule is CN=C(NCCC(C)C)NCC(=O)N1CCN(c2ccccc2)CC1.I. The van der Waals surface area contributed by atoms with Crippen molar-refractivity contribution in [1.29, 1.82) is 0 Å². The van der Waals surface area contributed by atoms with Crippen LogP contribution in [0, 0.1) is 5.92 Å². The second kappa shape index (κ2) is 12.0. The van der Waals surface area contributed by atoms with Crippen LogP contribution in [0.5, 0.6) is 0 Å². The van der Waals surface area contributed by atoms with Crippen molar-refractivity contribution < 1.29 is 4.79 Å². The number of carbonyl (C=O) groups is 1. The Kier molecular flexibility index (Phi) is 10.4. The lowest BCUT2D eigenvalue weighted by atomic mass is 10.1. The number of anilines is 1. The molecule has 6 nitrogen and oxygen atoms in total. The summed E-state index contributed by atoms with van der Waals surface area (Å²) in [4.78, 5) is 20.8. The summed E-state index contributed by atoms with van der Waals surface area (Å²) in [6, 6.07) is 10.4. The third-order valence-electron chi connectivity index (χ3n) is 4.40. The van der Waals surface area contributed by atoms with Crippen LogP contribution in [-0.4, -0.2) is 63.1 Å².